The van der Waals surface area contributed by atoms with Gasteiger partial charge in [0, 0.05) is 19.2 Å². The first kappa shape index (κ1) is 20.7. The summed E-state index contributed by atoms with van der Waals surface area (Å²) in [7, 11) is 5.08. The molecule has 0 aliphatic rings. The van der Waals surface area contributed by atoms with E-state index in [1.54, 1.807) is 14.2 Å². The third-order valence-electron chi connectivity index (χ3n) is 4.43. The van der Waals surface area contributed by atoms with Crippen molar-refractivity contribution in [1.82, 2.24) is 20.1 Å². The Balaban J connectivity index is 1.61. The summed E-state index contributed by atoms with van der Waals surface area (Å²) in [6.45, 7) is 2.25. The van der Waals surface area contributed by atoms with Crippen LogP contribution in [0.5, 0.6) is 11.5 Å². The van der Waals surface area contributed by atoms with Crippen molar-refractivity contribution in [2.24, 2.45) is 7.05 Å². The molecule has 0 saturated carbocycles. The van der Waals surface area contributed by atoms with E-state index in [2.05, 4.69) is 15.5 Å². The molecule has 8 heteroatoms. The monoisotopic (exact) mass is 412 g/mol. The van der Waals surface area contributed by atoms with E-state index in [4.69, 9.17) is 9.47 Å². The second kappa shape index (κ2) is 9.47. The van der Waals surface area contributed by atoms with Crippen LogP contribution in [0.4, 0.5) is 0 Å². The van der Waals surface area contributed by atoms with Crippen molar-refractivity contribution in [2.75, 3.05) is 14.2 Å². The lowest BCUT2D eigenvalue weighted by atomic mass is 10.2. The molecule has 2 aromatic carbocycles. The van der Waals surface area contributed by atoms with Crippen molar-refractivity contribution < 1.29 is 14.3 Å². The zero-order valence-corrected chi connectivity index (χ0v) is 17.7. The van der Waals surface area contributed by atoms with Crippen LogP contribution in [-0.2, 0) is 18.4 Å². The van der Waals surface area contributed by atoms with Crippen molar-refractivity contribution >= 4 is 17.7 Å². The molecule has 29 heavy (non-hydrogen) atoms. The van der Waals surface area contributed by atoms with E-state index in [0.717, 1.165) is 17.0 Å². The molecule has 1 N–H and O–H groups in total. The number of nitrogens with one attached hydrogen (secondary N) is 1. The van der Waals surface area contributed by atoms with Crippen molar-refractivity contribution in [3.05, 3.63) is 54.1 Å². The molecule has 7 nitrogen and oxygen atoms in total. The third-order valence-corrected chi connectivity index (χ3v) is 5.57. The van der Waals surface area contributed by atoms with Gasteiger partial charge in [0.1, 0.15) is 0 Å². The van der Waals surface area contributed by atoms with E-state index < -0.39 is 0 Å². The van der Waals surface area contributed by atoms with Crippen LogP contribution in [0.2, 0.25) is 0 Å². The number of thioether (sulfide) groups is 1. The minimum absolute atomic E-state index is 0.0750. The standard InChI is InChI=1S/C21H24N4O3S/c1-14(20(26)22-13-15-10-11-17(27-3)18(12-15)28-4)29-21-24-23-19(25(21)2)16-8-6-5-7-9-16/h5-12,14H,13H2,1-4H3,(H,22,26)/t14-/m0/s1. The van der Waals surface area contributed by atoms with Gasteiger partial charge in [0.05, 0.1) is 19.5 Å². The Morgan fingerprint density at radius 1 is 1.10 bits per heavy atom. The molecule has 0 spiro atoms. The molecule has 3 rings (SSSR count). The van der Waals surface area contributed by atoms with E-state index in [1.807, 2.05) is 67.1 Å². The topological polar surface area (TPSA) is 78.3 Å². The van der Waals surface area contributed by atoms with Crippen LogP contribution in [0, 0.1) is 0 Å². The molecule has 0 bridgehead atoms. The minimum atomic E-state index is -0.318. The van der Waals surface area contributed by atoms with Gasteiger partial charge in [-0.3, -0.25) is 4.79 Å². The summed E-state index contributed by atoms with van der Waals surface area (Å²) in [5.74, 6) is 1.98. The number of methoxy groups -OCH3 is 2. The van der Waals surface area contributed by atoms with Gasteiger partial charge in [-0.2, -0.15) is 0 Å². The normalized spacial score (nSPS) is 11.7. The molecule has 0 radical (unpaired) electrons. The molecular weight excluding hydrogens is 388 g/mol. The van der Waals surface area contributed by atoms with E-state index in [-0.39, 0.29) is 11.2 Å². The second-order valence-electron chi connectivity index (χ2n) is 6.40. The molecule has 1 aromatic heterocycles. The van der Waals surface area contributed by atoms with E-state index in [9.17, 15) is 4.79 Å². The Hall–Kier alpha value is -3.00. The molecule has 0 aliphatic carbocycles. The van der Waals surface area contributed by atoms with Crippen molar-refractivity contribution in [3.63, 3.8) is 0 Å². The number of hydrogen-bond donors (Lipinski definition) is 1. The van der Waals surface area contributed by atoms with Crippen LogP contribution >= 0.6 is 11.8 Å². The van der Waals surface area contributed by atoms with Gasteiger partial charge >= 0.3 is 0 Å². The van der Waals surface area contributed by atoms with Crippen LogP contribution in [-0.4, -0.2) is 40.1 Å². The second-order valence-corrected chi connectivity index (χ2v) is 7.71. The minimum Gasteiger partial charge on any atom is -0.493 e. The van der Waals surface area contributed by atoms with Crippen LogP contribution in [0.3, 0.4) is 0 Å². The lowest BCUT2D eigenvalue weighted by molar-refractivity contribution is -0.120. The number of amides is 1. The summed E-state index contributed by atoms with van der Waals surface area (Å²) in [4.78, 5) is 12.5. The number of hydrogen-bond acceptors (Lipinski definition) is 6. The lowest BCUT2D eigenvalue weighted by Crippen LogP contribution is -2.30. The van der Waals surface area contributed by atoms with Crippen LogP contribution < -0.4 is 14.8 Å². The third kappa shape index (κ3) is 4.89. The molecule has 0 saturated heterocycles. The molecule has 152 valence electrons. The maximum absolute atomic E-state index is 12.5. The van der Waals surface area contributed by atoms with Crippen molar-refractivity contribution in [2.45, 2.75) is 23.9 Å². The highest BCUT2D eigenvalue weighted by Gasteiger charge is 2.19. The Labute approximate surface area is 174 Å². The fourth-order valence-corrected chi connectivity index (χ4v) is 3.63. The number of benzene rings is 2. The summed E-state index contributed by atoms with van der Waals surface area (Å²) < 4.78 is 12.4. The zero-order chi connectivity index (χ0) is 20.8. The first-order chi connectivity index (χ1) is 14.0. The fourth-order valence-electron chi connectivity index (χ4n) is 2.79. The summed E-state index contributed by atoms with van der Waals surface area (Å²) in [5, 5.41) is 11.8. The van der Waals surface area contributed by atoms with Crippen molar-refractivity contribution in [1.29, 1.82) is 0 Å². The average Bonchev–Trinajstić information content (AvgIpc) is 3.12. The highest BCUT2D eigenvalue weighted by Crippen LogP contribution is 2.28. The Morgan fingerprint density at radius 3 is 2.52 bits per heavy atom. The maximum Gasteiger partial charge on any atom is 0.233 e. The van der Waals surface area contributed by atoms with Gasteiger partial charge < -0.3 is 19.4 Å². The van der Waals surface area contributed by atoms with E-state index >= 15 is 0 Å². The number of aromatic nitrogens is 3. The van der Waals surface area contributed by atoms with Gasteiger partial charge in [-0.1, -0.05) is 48.2 Å². The number of ether oxygens (including phenoxy) is 2. The van der Waals surface area contributed by atoms with Gasteiger partial charge in [0.25, 0.3) is 0 Å². The largest absolute Gasteiger partial charge is 0.493 e. The number of rotatable bonds is 8. The number of nitrogens with zero attached hydrogens (tertiary/aromatic N) is 3. The summed E-state index contributed by atoms with van der Waals surface area (Å²) in [5.41, 5.74) is 1.91. The molecule has 0 aliphatic heterocycles. The Bertz CT molecular complexity index is 975. The molecule has 0 fully saturated rings. The quantitative estimate of drug-likeness (QED) is 0.572. The van der Waals surface area contributed by atoms with E-state index in [0.29, 0.717) is 23.2 Å². The molecule has 3 aromatic rings. The molecule has 1 amide bonds. The van der Waals surface area contributed by atoms with Crippen LogP contribution in [0.15, 0.2) is 53.7 Å². The van der Waals surface area contributed by atoms with Gasteiger partial charge in [-0.05, 0) is 24.6 Å². The summed E-state index contributed by atoms with van der Waals surface area (Å²) >= 11 is 1.38. The van der Waals surface area contributed by atoms with E-state index in [1.165, 1.54) is 11.8 Å². The first-order valence-corrected chi connectivity index (χ1v) is 10.0. The summed E-state index contributed by atoms with van der Waals surface area (Å²) in [6, 6.07) is 15.4. The van der Waals surface area contributed by atoms with Gasteiger partial charge in [0.2, 0.25) is 5.91 Å². The Morgan fingerprint density at radius 2 is 1.83 bits per heavy atom. The molecule has 0 unspecified atom stereocenters. The predicted octanol–water partition coefficient (Wildman–Crippen LogP) is 3.30. The average molecular weight is 413 g/mol. The fraction of sp³-hybridized carbons (Fsp3) is 0.286. The van der Waals surface area contributed by atoms with Gasteiger partial charge in [0.15, 0.2) is 22.5 Å². The SMILES string of the molecule is COc1ccc(CNC(=O)[C@H](C)Sc2nnc(-c3ccccc3)n2C)cc1OC. The first-order valence-electron chi connectivity index (χ1n) is 9.13. The smallest absolute Gasteiger partial charge is 0.233 e. The van der Waals surface area contributed by atoms with Crippen LogP contribution in [0.25, 0.3) is 11.4 Å². The molecular formula is C21H24N4O3S. The number of carbonyl (C=O) groups excluding carboxylic acids is 1. The van der Waals surface area contributed by atoms with Crippen LogP contribution in [0.1, 0.15) is 12.5 Å². The highest BCUT2D eigenvalue weighted by molar-refractivity contribution is 8.00. The molecule has 1 atom stereocenters. The zero-order valence-electron chi connectivity index (χ0n) is 16.9. The van der Waals surface area contributed by atoms with Gasteiger partial charge in [-0.25, -0.2) is 0 Å². The summed E-state index contributed by atoms with van der Waals surface area (Å²) in [6.07, 6.45) is 0. The highest BCUT2D eigenvalue weighted by atomic mass is 32.2. The van der Waals surface area contributed by atoms with Crippen molar-refractivity contribution in [3.8, 4) is 22.9 Å². The predicted molar refractivity (Wildman–Crippen MR) is 113 cm³/mol. The molecule has 1 heterocycles. The lowest BCUT2D eigenvalue weighted by Gasteiger charge is -2.13. The maximum atomic E-state index is 12.5. The van der Waals surface area contributed by atoms with Gasteiger partial charge in [-0.15, -0.1) is 10.2 Å². The Kier molecular flexibility index (Phi) is 6.77. The number of carbonyl (C=O) groups is 1.